The van der Waals surface area contributed by atoms with E-state index in [1.54, 1.807) is 18.2 Å². The molecule has 0 heterocycles. The van der Waals surface area contributed by atoms with Gasteiger partial charge in [0.2, 0.25) is 0 Å². The lowest BCUT2D eigenvalue weighted by Crippen LogP contribution is -2.37. The molecule has 2 N–H and O–H groups in total. The molecule has 0 bridgehead atoms. The first-order valence-corrected chi connectivity index (χ1v) is 7.43. The number of phenolic OH excluding ortho intramolecular Hbond substituents is 1. The van der Waals surface area contributed by atoms with E-state index in [1.807, 2.05) is 0 Å². The minimum Gasteiger partial charge on any atom is -0.507 e. The second-order valence-corrected chi connectivity index (χ2v) is 6.34. The van der Waals surface area contributed by atoms with Gasteiger partial charge in [-0.3, -0.25) is 4.79 Å². The molecule has 0 atom stereocenters. The van der Waals surface area contributed by atoms with E-state index in [0.29, 0.717) is 5.56 Å². The molecule has 98 valence electrons. The lowest BCUT2D eigenvalue weighted by atomic mass is 9.87. The summed E-state index contributed by atoms with van der Waals surface area (Å²) in [4.78, 5) is 12.1. The highest BCUT2D eigenvalue weighted by Crippen LogP contribution is 2.25. The summed E-state index contributed by atoms with van der Waals surface area (Å²) in [5.74, 6) is 0.659. The molecule has 0 aliphatic heterocycles. The van der Waals surface area contributed by atoms with Crippen molar-refractivity contribution < 1.29 is 9.90 Å². The van der Waals surface area contributed by atoms with Crippen LogP contribution in [-0.4, -0.2) is 17.1 Å². The summed E-state index contributed by atoms with van der Waals surface area (Å²) in [5, 5.41) is 12.7. The fraction of sp³-hybridized carbons (Fsp3) is 0.500. The van der Waals surface area contributed by atoms with Gasteiger partial charge < -0.3 is 10.4 Å². The van der Waals surface area contributed by atoms with Crippen LogP contribution in [0.5, 0.6) is 5.75 Å². The third-order valence-electron chi connectivity index (χ3n) is 3.55. The molecule has 1 aliphatic rings. The number of amides is 1. The van der Waals surface area contributed by atoms with Crippen LogP contribution in [0.2, 0.25) is 0 Å². The van der Waals surface area contributed by atoms with E-state index in [1.165, 1.54) is 12.8 Å². The minimum atomic E-state index is -0.162. The molecule has 1 aliphatic carbocycles. The smallest absolute Gasteiger partial charge is 0.255 e. The van der Waals surface area contributed by atoms with Gasteiger partial charge in [-0.1, -0.05) is 6.92 Å². The number of aromatic hydroxyl groups is 1. The van der Waals surface area contributed by atoms with E-state index in [9.17, 15) is 9.90 Å². The van der Waals surface area contributed by atoms with Crippen LogP contribution >= 0.6 is 22.6 Å². The normalized spacial score (nSPS) is 23.7. The zero-order chi connectivity index (χ0) is 13.1. The van der Waals surface area contributed by atoms with E-state index in [-0.39, 0.29) is 17.7 Å². The number of hydrogen-bond acceptors (Lipinski definition) is 2. The fourth-order valence-electron chi connectivity index (χ4n) is 2.36. The van der Waals surface area contributed by atoms with Gasteiger partial charge in [-0.05, 0) is 72.4 Å². The van der Waals surface area contributed by atoms with Gasteiger partial charge in [-0.2, -0.15) is 0 Å². The number of nitrogens with one attached hydrogen (secondary N) is 1. The van der Waals surface area contributed by atoms with Gasteiger partial charge in [-0.25, -0.2) is 0 Å². The number of benzene rings is 1. The zero-order valence-electron chi connectivity index (χ0n) is 10.4. The molecule has 3 nitrogen and oxygen atoms in total. The number of rotatable bonds is 2. The van der Waals surface area contributed by atoms with Gasteiger partial charge in [0.1, 0.15) is 5.75 Å². The number of halogens is 1. The highest BCUT2D eigenvalue weighted by atomic mass is 127. The third-order valence-corrected chi connectivity index (χ3v) is 4.23. The molecular formula is C14H18INO2. The van der Waals surface area contributed by atoms with E-state index in [0.717, 1.165) is 22.3 Å². The van der Waals surface area contributed by atoms with Crippen molar-refractivity contribution in [1.29, 1.82) is 0 Å². The monoisotopic (exact) mass is 359 g/mol. The van der Waals surface area contributed by atoms with Crippen molar-refractivity contribution in [2.24, 2.45) is 5.92 Å². The van der Waals surface area contributed by atoms with E-state index in [2.05, 4.69) is 34.8 Å². The summed E-state index contributed by atoms with van der Waals surface area (Å²) in [6.07, 6.45) is 4.42. The molecule has 1 amide bonds. The Hall–Kier alpha value is -0.780. The van der Waals surface area contributed by atoms with Crippen LogP contribution in [0.1, 0.15) is 43.0 Å². The van der Waals surface area contributed by atoms with Crippen molar-refractivity contribution in [1.82, 2.24) is 5.32 Å². The molecule has 0 radical (unpaired) electrons. The predicted octanol–water partition coefficient (Wildman–Crippen LogP) is 3.31. The second kappa shape index (κ2) is 5.91. The minimum absolute atomic E-state index is 0.0529. The average molecular weight is 359 g/mol. The molecule has 0 saturated heterocycles. The lowest BCUT2D eigenvalue weighted by molar-refractivity contribution is 0.0920. The molecule has 4 heteroatoms. The van der Waals surface area contributed by atoms with Crippen LogP contribution in [0.25, 0.3) is 0 Å². The Morgan fingerprint density at radius 2 is 2.00 bits per heavy atom. The molecule has 1 fully saturated rings. The molecule has 2 rings (SSSR count). The van der Waals surface area contributed by atoms with E-state index >= 15 is 0 Å². The summed E-state index contributed by atoms with van der Waals surface area (Å²) in [6, 6.07) is 5.33. The van der Waals surface area contributed by atoms with E-state index < -0.39 is 0 Å². The van der Waals surface area contributed by atoms with Gasteiger partial charge in [0.05, 0.1) is 5.56 Å². The molecule has 1 aromatic rings. The Labute approximate surface area is 121 Å². The number of carbonyl (C=O) groups excluding carboxylic acids is 1. The molecule has 0 unspecified atom stereocenters. The summed E-state index contributed by atoms with van der Waals surface area (Å²) < 4.78 is 0.952. The molecule has 1 saturated carbocycles. The zero-order valence-corrected chi connectivity index (χ0v) is 12.6. The molecule has 0 spiro atoms. The van der Waals surface area contributed by atoms with E-state index in [4.69, 9.17) is 0 Å². The fourth-order valence-corrected chi connectivity index (χ4v) is 2.85. The molecular weight excluding hydrogens is 341 g/mol. The van der Waals surface area contributed by atoms with Crippen molar-refractivity contribution in [2.75, 3.05) is 0 Å². The van der Waals surface area contributed by atoms with Gasteiger partial charge in [-0.15, -0.1) is 0 Å². The number of hydrogen-bond donors (Lipinski definition) is 2. The summed E-state index contributed by atoms with van der Waals surface area (Å²) >= 11 is 2.14. The summed E-state index contributed by atoms with van der Waals surface area (Å²) in [7, 11) is 0. The topological polar surface area (TPSA) is 49.3 Å². The molecule has 1 aromatic carbocycles. The highest BCUT2D eigenvalue weighted by molar-refractivity contribution is 14.1. The first kappa shape index (κ1) is 13.6. The van der Waals surface area contributed by atoms with Crippen LogP contribution < -0.4 is 5.32 Å². The maximum atomic E-state index is 12.1. The lowest BCUT2D eigenvalue weighted by Gasteiger charge is -2.27. The quantitative estimate of drug-likeness (QED) is 0.796. The highest BCUT2D eigenvalue weighted by Gasteiger charge is 2.21. The molecule has 18 heavy (non-hydrogen) atoms. The van der Waals surface area contributed by atoms with Crippen LogP contribution in [0.3, 0.4) is 0 Å². The maximum absolute atomic E-state index is 12.1. The Balaban J connectivity index is 2.01. The van der Waals surface area contributed by atoms with Gasteiger partial charge in [0.25, 0.3) is 5.91 Å². The SMILES string of the molecule is CC1CCC(NC(=O)c2cc(I)ccc2O)CC1. The Bertz CT molecular complexity index is 439. The predicted molar refractivity (Wildman–Crippen MR) is 79.7 cm³/mol. The maximum Gasteiger partial charge on any atom is 0.255 e. The van der Waals surface area contributed by atoms with Crippen molar-refractivity contribution in [3.63, 3.8) is 0 Å². The Morgan fingerprint density at radius 1 is 1.33 bits per heavy atom. The van der Waals surface area contributed by atoms with Crippen LogP contribution in [0, 0.1) is 9.49 Å². The first-order valence-electron chi connectivity index (χ1n) is 6.35. The van der Waals surface area contributed by atoms with Crippen molar-refractivity contribution in [2.45, 2.75) is 38.6 Å². The molecule has 0 aromatic heterocycles. The van der Waals surface area contributed by atoms with Crippen molar-refractivity contribution in [3.05, 3.63) is 27.3 Å². The number of carbonyl (C=O) groups is 1. The van der Waals surface area contributed by atoms with Crippen LogP contribution in [0.4, 0.5) is 0 Å². The van der Waals surface area contributed by atoms with Gasteiger partial charge >= 0.3 is 0 Å². The third kappa shape index (κ3) is 3.37. The number of phenols is 1. The first-order chi connectivity index (χ1) is 8.56. The average Bonchev–Trinajstić information content (AvgIpc) is 2.35. The van der Waals surface area contributed by atoms with Crippen LogP contribution in [0.15, 0.2) is 18.2 Å². The Kier molecular flexibility index (Phi) is 4.48. The summed E-state index contributed by atoms with van der Waals surface area (Å²) in [6.45, 7) is 2.25. The van der Waals surface area contributed by atoms with Gasteiger partial charge in [0.15, 0.2) is 0 Å². The second-order valence-electron chi connectivity index (χ2n) is 5.09. The van der Waals surface area contributed by atoms with Crippen LogP contribution in [-0.2, 0) is 0 Å². The largest absolute Gasteiger partial charge is 0.507 e. The van der Waals surface area contributed by atoms with Crippen molar-refractivity contribution in [3.8, 4) is 5.75 Å². The van der Waals surface area contributed by atoms with Gasteiger partial charge in [0, 0.05) is 9.61 Å². The Morgan fingerprint density at radius 3 is 2.67 bits per heavy atom. The standard InChI is InChI=1S/C14H18INO2/c1-9-2-5-11(6-3-9)16-14(18)12-8-10(15)4-7-13(12)17/h4,7-9,11,17H,2-3,5-6H2,1H3,(H,16,18). The summed E-state index contributed by atoms with van der Waals surface area (Å²) in [5.41, 5.74) is 0.375. The van der Waals surface area contributed by atoms with Crippen molar-refractivity contribution >= 4 is 28.5 Å².